The number of hydrogen-bond donors (Lipinski definition) is 2. The van der Waals surface area contributed by atoms with Crippen LogP contribution >= 0.6 is 0 Å². The normalized spacial score (nSPS) is 21.1. The summed E-state index contributed by atoms with van der Waals surface area (Å²) in [4.78, 5) is 5.04. The van der Waals surface area contributed by atoms with E-state index in [0.717, 1.165) is 0 Å². The molecule has 2 nitrogen and oxygen atoms in total. The van der Waals surface area contributed by atoms with E-state index in [1.807, 2.05) is 0 Å². The lowest BCUT2D eigenvalue weighted by Crippen LogP contribution is -3.05. The molecule has 1 aromatic carbocycles. The van der Waals surface area contributed by atoms with Gasteiger partial charge in [-0.05, 0) is 12.5 Å². The molecule has 0 fully saturated rings. The van der Waals surface area contributed by atoms with Crippen LogP contribution in [0.25, 0.3) is 10.9 Å². The summed E-state index contributed by atoms with van der Waals surface area (Å²) in [6, 6.07) is 8.62. The first-order valence-corrected chi connectivity index (χ1v) is 5.28. The topological polar surface area (TPSA) is 20.2 Å². The Hall–Kier alpha value is -1.28. The van der Waals surface area contributed by atoms with Gasteiger partial charge in [0.05, 0.1) is 19.1 Å². The molecule has 2 heterocycles. The number of H-pyrrole nitrogens is 1. The molecule has 0 saturated heterocycles. The second-order valence-corrected chi connectivity index (χ2v) is 4.16. The summed E-state index contributed by atoms with van der Waals surface area (Å²) in [7, 11) is 2.24. The second kappa shape index (κ2) is 2.85. The largest absolute Gasteiger partial charge is 0.310 e. The number of aromatic amines is 1. The van der Waals surface area contributed by atoms with Crippen LogP contribution in [0.1, 0.15) is 12.0 Å². The zero-order valence-corrected chi connectivity index (χ0v) is 8.43. The van der Waals surface area contributed by atoms with Crippen molar-refractivity contribution in [2.45, 2.75) is 12.8 Å². The standard InChI is InChI=1S/C12H14N2/c1-14-8-4-6-10-9-5-2-3-7-11(9)13-12(10)14/h2-3,5,7,13H,4,6,8H2,1H3/p+1. The fourth-order valence-corrected chi connectivity index (χ4v) is 2.48. The number of hydrogen-bond acceptors (Lipinski definition) is 0. The molecule has 2 heteroatoms. The number of para-hydroxylation sites is 1. The van der Waals surface area contributed by atoms with Crippen LogP contribution in [-0.4, -0.2) is 18.6 Å². The Bertz CT molecular complexity index is 470. The molecule has 1 aliphatic heterocycles. The molecule has 0 amide bonds. The molecule has 0 radical (unpaired) electrons. The van der Waals surface area contributed by atoms with Crippen molar-refractivity contribution in [2.24, 2.45) is 0 Å². The first kappa shape index (κ1) is 8.06. The fourth-order valence-electron chi connectivity index (χ4n) is 2.48. The van der Waals surface area contributed by atoms with Crippen LogP contribution in [0, 0.1) is 0 Å². The van der Waals surface area contributed by atoms with Crippen molar-refractivity contribution in [1.82, 2.24) is 4.98 Å². The van der Waals surface area contributed by atoms with Crippen LogP contribution in [0.3, 0.4) is 0 Å². The molecule has 1 atom stereocenters. The molecule has 3 rings (SSSR count). The predicted molar refractivity (Wildman–Crippen MR) is 58.0 cm³/mol. The van der Waals surface area contributed by atoms with Gasteiger partial charge >= 0.3 is 0 Å². The molecule has 2 aromatic rings. The highest BCUT2D eigenvalue weighted by Crippen LogP contribution is 2.26. The lowest BCUT2D eigenvalue weighted by Gasteiger charge is -2.18. The molecule has 14 heavy (non-hydrogen) atoms. The van der Waals surface area contributed by atoms with Gasteiger partial charge in [0.2, 0.25) is 5.82 Å². The predicted octanol–water partition coefficient (Wildman–Crippen LogP) is 1.26. The highest BCUT2D eigenvalue weighted by atomic mass is 15.2. The van der Waals surface area contributed by atoms with E-state index in [-0.39, 0.29) is 0 Å². The van der Waals surface area contributed by atoms with Gasteiger partial charge in [0.15, 0.2) is 0 Å². The van der Waals surface area contributed by atoms with E-state index in [1.54, 1.807) is 0 Å². The van der Waals surface area contributed by atoms with Crippen LogP contribution in [0.5, 0.6) is 0 Å². The summed E-state index contributed by atoms with van der Waals surface area (Å²) in [5.41, 5.74) is 2.82. The summed E-state index contributed by atoms with van der Waals surface area (Å²) in [6.07, 6.45) is 2.54. The summed E-state index contributed by atoms with van der Waals surface area (Å²) in [5, 5.41) is 1.42. The monoisotopic (exact) mass is 187 g/mol. The van der Waals surface area contributed by atoms with Gasteiger partial charge in [0.25, 0.3) is 0 Å². The van der Waals surface area contributed by atoms with Crippen molar-refractivity contribution in [2.75, 3.05) is 13.6 Å². The van der Waals surface area contributed by atoms with Crippen LogP contribution in [0.15, 0.2) is 24.3 Å². The van der Waals surface area contributed by atoms with Gasteiger partial charge in [0, 0.05) is 17.4 Å². The molecule has 0 bridgehead atoms. The van der Waals surface area contributed by atoms with E-state index in [9.17, 15) is 0 Å². The lowest BCUT2D eigenvalue weighted by molar-refractivity contribution is -0.815. The number of quaternary nitrogens is 1. The lowest BCUT2D eigenvalue weighted by atomic mass is 10.0. The maximum atomic E-state index is 3.53. The van der Waals surface area contributed by atoms with Crippen molar-refractivity contribution >= 4 is 16.7 Å². The van der Waals surface area contributed by atoms with Crippen molar-refractivity contribution in [1.29, 1.82) is 0 Å². The van der Waals surface area contributed by atoms with Crippen LogP contribution in [0.2, 0.25) is 0 Å². The molecule has 1 aromatic heterocycles. The zero-order chi connectivity index (χ0) is 9.54. The number of nitrogens with one attached hydrogen (secondary N) is 2. The van der Waals surface area contributed by atoms with Crippen LogP contribution in [-0.2, 0) is 6.42 Å². The van der Waals surface area contributed by atoms with E-state index >= 15 is 0 Å². The van der Waals surface area contributed by atoms with E-state index in [2.05, 4.69) is 36.3 Å². The van der Waals surface area contributed by atoms with Crippen molar-refractivity contribution < 1.29 is 4.90 Å². The van der Waals surface area contributed by atoms with Gasteiger partial charge in [-0.3, -0.25) is 4.90 Å². The molecule has 0 spiro atoms. The minimum atomic E-state index is 1.23. The average Bonchev–Trinajstić information content (AvgIpc) is 2.59. The SMILES string of the molecule is C[NH+]1CCCc2c1[nH]c1ccccc21. The van der Waals surface area contributed by atoms with Crippen molar-refractivity contribution in [3.05, 3.63) is 29.8 Å². The minimum absolute atomic E-state index is 1.23. The molecule has 1 aliphatic rings. The maximum absolute atomic E-state index is 3.53. The third-order valence-corrected chi connectivity index (χ3v) is 3.22. The molecule has 0 aliphatic carbocycles. The number of rotatable bonds is 0. The number of fused-ring (bicyclic) bond motifs is 3. The van der Waals surface area contributed by atoms with Crippen molar-refractivity contribution in [3.8, 4) is 0 Å². The molecule has 1 unspecified atom stereocenters. The van der Waals surface area contributed by atoms with Gasteiger partial charge < -0.3 is 4.98 Å². The zero-order valence-electron chi connectivity index (χ0n) is 8.43. The van der Waals surface area contributed by atoms with E-state index in [4.69, 9.17) is 0 Å². The van der Waals surface area contributed by atoms with E-state index < -0.39 is 0 Å². The Labute approximate surface area is 83.5 Å². The third kappa shape index (κ3) is 1.01. The maximum Gasteiger partial charge on any atom is 0.207 e. The summed E-state index contributed by atoms with van der Waals surface area (Å²) >= 11 is 0. The molecular weight excluding hydrogens is 172 g/mol. The van der Waals surface area contributed by atoms with Crippen LogP contribution in [0.4, 0.5) is 5.82 Å². The number of aryl methyl sites for hydroxylation is 1. The third-order valence-electron chi connectivity index (χ3n) is 3.22. The Morgan fingerprint density at radius 3 is 3.07 bits per heavy atom. The first-order valence-electron chi connectivity index (χ1n) is 5.28. The Morgan fingerprint density at radius 2 is 2.14 bits per heavy atom. The minimum Gasteiger partial charge on any atom is -0.310 e. The van der Waals surface area contributed by atoms with Crippen LogP contribution < -0.4 is 4.90 Å². The highest BCUT2D eigenvalue weighted by molar-refractivity contribution is 5.87. The Kier molecular flexibility index (Phi) is 1.64. The van der Waals surface area contributed by atoms with Gasteiger partial charge in [-0.1, -0.05) is 18.2 Å². The summed E-state index contributed by atoms with van der Waals surface area (Å²) in [6.45, 7) is 1.25. The van der Waals surface area contributed by atoms with E-state index in [1.165, 1.54) is 46.6 Å². The van der Waals surface area contributed by atoms with Gasteiger partial charge in [0.1, 0.15) is 0 Å². The summed E-state index contributed by atoms with van der Waals surface area (Å²) < 4.78 is 0. The second-order valence-electron chi connectivity index (χ2n) is 4.16. The Balaban J connectivity index is 2.32. The van der Waals surface area contributed by atoms with Gasteiger partial charge in [-0.2, -0.15) is 0 Å². The number of aromatic nitrogens is 1. The fraction of sp³-hybridized carbons (Fsp3) is 0.333. The van der Waals surface area contributed by atoms with E-state index in [0.29, 0.717) is 0 Å². The summed E-state index contributed by atoms with van der Waals surface area (Å²) in [5.74, 6) is 1.40. The first-order chi connectivity index (χ1) is 6.86. The average molecular weight is 187 g/mol. The highest BCUT2D eigenvalue weighted by Gasteiger charge is 2.22. The van der Waals surface area contributed by atoms with Crippen molar-refractivity contribution in [3.63, 3.8) is 0 Å². The molecule has 72 valence electrons. The smallest absolute Gasteiger partial charge is 0.207 e. The number of benzene rings is 1. The Morgan fingerprint density at radius 1 is 1.29 bits per heavy atom. The molecule has 2 N–H and O–H groups in total. The van der Waals surface area contributed by atoms with Gasteiger partial charge in [-0.15, -0.1) is 0 Å². The quantitative estimate of drug-likeness (QED) is 0.619. The van der Waals surface area contributed by atoms with Gasteiger partial charge in [-0.25, -0.2) is 0 Å². The molecule has 0 saturated carbocycles. The molecular formula is C12H15N2+.